The third-order valence-electron chi connectivity index (χ3n) is 4.04. The van der Waals surface area contributed by atoms with Crippen molar-refractivity contribution in [3.63, 3.8) is 0 Å². The van der Waals surface area contributed by atoms with E-state index >= 15 is 0 Å². The lowest BCUT2D eigenvalue weighted by molar-refractivity contribution is 0.102. The van der Waals surface area contributed by atoms with Gasteiger partial charge in [-0.15, -0.1) is 0 Å². The number of aromatic nitrogens is 1. The number of hydrogen-bond acceptors (Lipinski definition) is 3. The normalized spacial score (nSPS) is 11.2. The third kappa shape index (κ3) is 2.97. The van der Waals surface area contributed by atoms with Crippen LogP contribution in [0, 0.1) is 13.8 Å². The van der Waals surface area contributed by atoms with Crippen molar-refractivity contribution in [1.29, 1.82) is 0 Å². The molecule has 0 aliphatic carbocycles. The highest BCUT2D eigenvalue weighted by atomic mass is 16.3. The number of anilines is 1. The van der Waals surface area contributed by atoms with Crippen molar-refractivity contribution in [3.8, 4) is 0 Å². The molecule has 0 aliphatic rings. The maximum atomic E-state index is 12.4. The van der Waals surface area contributed by atoms with Gasteiger partial charge in [0.1, 0.15) is 11.5 Å². The Hall–Kier alpha value is -2.82. The number of fused-ring (bicyclic) bond motifs is 1. The highest BCUT2D eigenvalue weighted by molar-refractivity contribution is 6.05. The van der Waals surface area contributed by atoms with Crippen LogP contribution in [0.5, 0.6) is 0 Å². The third-order valence-corrected chi connectivity index (χ3v) is 4.04. The van der Waals surface area contributed by atoms with Crippen LogP contribution in [0.15, 0.2) is 39.5 Å². The van der Waals surface area contributed by atoms with Crippen LogP contribution in [0.1, 0.15) is 47.2 Å². The number of carbonyl (C=O) groups excluding carboxylic acids is 1. The quantitative estimate of drug-likeness (QED) is 0.761. The molecule has 124 valence electrons. The largest absolute Gasteiger partial charge is 0.466 e. The number of aromatic amines is 1. The molecular formula is C19H20N2O3. The molecule has 0 atom stereocenters. The van der Waals surface area contributed by atoms with E-state index in [1.54, 1.807) is 32.0 Å². The molecule has 2 N–H and O–H groups in total. The van der Waals surface area contributed by atoms with E-state index in [1.165, 1.54) is 0 Å². The Balaban J connectivity index is 1.98. The van der Waals surface area contributed by atoms with Gasteiger partial charge in [-0.1, -0.05) is 19.9 Å². The van der Waals surface area contributed by atoms with Crippen molar-refractivity contribution in [2.45, 2.75) is 33.6 Å². The average molecular weight is 324 g/mol. The highest BCUT2D eigenvalue weighted by Crippen LogP contribution is 2.25. The Kier molecular flexibility index (Phi) is 4.01. The molecule has 0 radical (unpaired) electrons. The Bertz CT molecular complexity index is 980. The molecule has 3 rings (SSSR count). The standard InChI is InChI=1S/C19H20N2O3/c1-10(2)15-9-18(22)21-17-8-13(5-6-14(15)17)20-19(23)16-7-11(3)24-12(16)4/h5-10H,1-4H3,(H,20,23)(H,21,22). The lowest BCUT2D eigenvalue weighted by Crippen LogP contribution is -2.13. The number of furan rings is 1. The number of pyridine rings is 1. The molecule has 1 aromatic carbocycles. The summed E-state index contributed by atoms with van der Waals surface area (Å²) < 4.78 is 5.39. The van der Waals surface area contributed by atoms with Crippen LogP contribution < -0.4 is 10.9 Å². The minimum Gasteiger partial charge on any atom is -0.466 e. The SMILES string of the molecule is Cc1cc(C(=O)Nc2ccc3c(C(C)C)cc(=O)[nH]c3c2)c(C)o1. The molecule has 1 amide bonds. The molecule has 5 nitrogen and oxygen atoms in total. The van der Waals surface area contributed by atoms with Crippen LogP contribution >= 0.6 is 0 Å². The second-order valence-corrected chi connectivity index (χ2v) is 6.29. The molecule has 0 bridgehead atoms. The number of carbonyl (C=O) groups is 1. The van der Waals surface area contributed by atoms with Crippen molar-refractivity contribution in [2.75, 3.05) is 5.32 Å². The molecule has 0 fully saturated rings. The summed E-state index contributed by atoms with van der Waals surface area (Å²) in [5.41, 5.74) is 2.70. The maximum Gasteiger partial charge on any atom is 0.259 e. The zero-order valence-corrected chi connectivity index (χ0v) is 14.2. The van der Waals surface area contributed by atoms with E-state index in [0.717, 1.165) is 10.9 Å². The fourth-order valence-corrected chi connectivity index (χ4v) is 2.90. The van der Waals surface area contributed by atoms with Gasteiger partial charge in [-0.2, -0.15) is 0 Å². The van der Waals surface area contributed by atoms with E-state index in [9.17, 15) is 9.59 Å². The second kappa shape index (κ2) is 6.00. The molecular weight excluding hydrogens is 304 g/mol. The van der Waals surface area contributed by atoms with Gasteiger partial charge in [0.25, 0.3) is 5.91 Å². The van der Waals surface area contributed by atoms with E-state index in [1.807, 2.05) is 26.0 Å². The van der Waals surface area contributed by atoms with Crippen molar-refractivity contribution in [3.05, 3.63) is 63.3 Å². The van der Waals surface area contributed by atoms with Gasteiger partial charge < -0.3 is 14.7 Å². The van der Waals surface area contributed by atoms with Crippen molar-refractivity contribution in [1.82, 2.24) is 4.98 Å². The molecule has 24 heavy (non-hydrogen) atoms. The smallest absolute Gasteiger partial charge is 0.259 e. The molecule has 0 aliphatic heterocycles. The lowest BCUT2D eigenvalue weighted by atomic mass is 9.99. The van der Waals surface area contributed by atoms with Gasteiger partial charge in [0.05, 0.1) is 11.1 Å². The number of H-pyrrole nitrogens is 1. The summed E-state index contributed by atoms with van der Waals surface area (Å²) in [4.78, 5) is 27.1. The molecule has 0 unspecified atom stereocenters. The number of hydrogen-bond donors (Lipinski definition) is 2. The summed E-state index contributed by atoms with van der Waals surface area (Å²) in [5.74, 6) is 1.29. The van der Waals surface area contributed by atoms with Crippen LogP contribution in [0.2, 0.25) is 0 Å². The minimum absolute atomic E-state index is 0.143. The minimum atomic E-state index is -0.230. The van der Waals surface area contributed by atoms with Crippen LogP contribution in [0.25, 0.3) is 10.9 Å². The number of rotatable bonds is 3. The van der Waals surface area contributed by atoms with Gasteiger partial charge in [0.2, 0.25) is 5.56 Å². The predicted molar refractivity (Wildman–Crippen MR) is 94.8 cm³/mol. The lowest BCUT2D eigenvalue weighted by Gasteiger charge is -2.11. The summed E-state index contributed by atoms with van der Waals surface area (Å²) in [7, 11) is 0. The number of aryl methyl sites for hydroxylation is 2. The molecule has 0 saturated carbocycles. The Morgan fingerprint density at radius 3 is 2.54 bits per heavy atom. The molecule has 2 aromatic heterocycles. The molecule has 2 heterocycles. The summed E-state index contributed by atoms with van der Waals surface area (Å²) in [5, 5.41) is 3.84. The van der Waals surface area contributed by atoms with Gasteiger partial charge in [-0.05, 0) is 43.5 Å². The van der Waals surface area contributed by atoms with Gasteiger partial charge in [-0.3, -0.25) is 9.59 Å². The molecule has 3 aromatic rings. The van der Waals surface area contributed by atoms with E-state index < -0.39 is 0 Å². The Labute approximate surface area is 139 Å². The highest BCUT2D eigenvalue weighted by Gasteiger charge is 2.14. The first-order valence-corrected chi connectivity index (χ1v) is 7.90. The van der Waals surface area contributed by atoms with E-state index in [4.69, 9.17) is 4.42 Å². The molecule has 5 heteroatoms. The van der Waals surface area contributed by atoms with Gasteiger partial charge in [0.15, 0.2) is 0 Å². The van der Waals surface area contributed by atoms with E-state index in [-0.39, 0.29) is 17.4 Å². The Morgan fingerprint density at radius 2 is 1.92 bits per heavy atom. The van der Waals surface area contributed by atoms with E-state index in [2.05, 4.69) is 10.3 Å². The first kappa shape index (κ1) is 16.1. The number of nitrogens with one attached hydrogen (secondary N) is 2. The first-order chi connectivity index (χ1) is 11.3. The monoisotopic (exact) mass is 324 g/mol. The zero-order chi connectivity index (χ0) is 17.4. The van der Waals surface area contributed by atoms with Crippen LogP contribution in [-0.2, 0) is 0 Å². The van der Waals surface area contributed by atoms with Crippen LogP contribution in [-0.4, -0.2) is 10.9 Å². The fraction of sp³-hybridized carbons (Fsp3) is 0.263. The first-order valence-electron chi connectivity index (χ1n) is 7.90. The van der Waals surface area contributed by atoms with Gasteiger partial charge in [0, 0.05) is 17.1 Å². The average Bonchev–Trinajstić information content (AvgIpc) is 2.84. The molecule has 0 spiro atoms. The summed E-state index contributed by atoms with van der Waals surface area (Å²) in [6.45, 7) is 7.66. The molecule has 0 saturated heterocycles. The summed E-state index contributed by atoms with van der Waals surface area (Å²) >= 11 is 0. The van der Waals surface area contributed by atoms with E-state index in [0.29, 0.717) is 28.3 Å². The maximum absolute atomic E-state index is 12.4. The number of amides is 1. The summed E-state index contributed by atoms with van der Waals surface area (Å²) in [6, 6.07) is 8.88. The van der Waals surface area contributed by atoms with Crippen molar-refractivity contribution in [2.24, 2.45) is 0 Å². The predicted octanol–water partition coefficient (Wildman–Crippen LogP) is 4.11. The van der Waals surface area contributed by atoms with Gasteiger partial charge >= 0.3 is 0 Å². The van der Waals surface area contributed by atoms with Gasteiger partial charge in [-0.25, -0.2) is 0 Å². The van der Waals surface area contributed by atoms with Crippen LogP contribution in [0.3, 0.4) is 0 Å². The summed E-state index contributed by atoms with van der Waals surface area (Å²) in [6.07, 6.45) is 0. The Morgan fingerprint density at radius 1 is 1.17 bits per heavy atom. The second-order valence-electron chi connectivity index (χ2n) is 6.29. The van der Waals surface area contributed by atoms with Crippen molar-refractivity contribution < 1.29 is 9.21 Å². The topological polar surface area (TPSA) is 75.1 Å². The zero-order valence-electron chi connectivity index (χ0n) is 14.2. The van der Waals surface area contributed by atoms with Crippen molar-refractivity contribution >= 4 is 22.5 Å². The van der Waals surface area contributed by atoms with Crippen LogP contribution in [0.4, 0.5) is 5.69 Å². The number of benzene rings is 1. The fourth-order valence-electron chi connectivity index (χ4n) is 2.90.